The molecule has 0 bridgehead atoms. The monoisotopic (exact) mass is 294 g/mol. The highest BCUT2D eigenvalue weighted by Crippen LogP contribution is 2.36. The van der Waals surface area contributed by atoms with Crippen LogP contribution in [0.2, 0.25) is 0 Å². The average molecular weight is 294 g/mol. The van der Waals surface area contributed by atoms with Crippen molar-refractivity contribution in [3.63, 3.8) is 0 Å². The minimum absolute atomic E-state index is 0.543. The number of carboxylic acid groups (broad SMARTS) is 1. The number of likely N-dealkylation sites (tertiary alicyclic amines) is 1. The number of aliphatic carboxylic acids is 1. The zero-order chi connectivity index (χ0) is 15.5. The van der Waals surface area contributed by atoms with Crippen molar-refractivity contribution >= 4 is 5.97 Å². The number of hydrogen-bond donors (Lipinski definition) is 1. The molecule has 1 saturated heterocycles. The molecule has 116 valence electrons. The summed E-state index contributed by atoms with van der Waals surface area (Å²) < 4.78 is 10.6. The van der Waals surface area contributed by atoms with Gasteiger partial charge in [0, 0.05) is 25.4 Å². The molecule has 1 aromatic heterocycles. The molecule has 1 aliphatic heterocycles. The molecule has 1 fully saturated rings. The van der Waals surface area contributed by atoms with Gasteiger partial charge in [0.05, 0.1) is 19.6 Å². The first-order valence-corrected chi connectivity index (χ1v) is 7.08. The molecule has 0 saturated carbocycles. The molecule has 0 radical (unpaired) electrons. The molecule has 1 unspecified atom stereocenters. The van der Waals surface area contributed by atoms with Gasteiger partial charge in [0.1, 0.15) is 5.69 Å². The van der Waals surface area contributed by atoms with Gasteiger partial charge in [-0.1, -0.05) is 6.92 Å². The third kappa shape index (κ3) is 2.95. The van der Waals surface area contributed by atoms with E-state index in [0.717, 1.165) is 12.2 Å². The normalized spacial score (nSPS) is 22.2. The van der Waals surface area contributed by atoms with Gasteiger partial charge in [-0.15, -0.1) is 0 Å². The second-order valence-corrected chi connectivity index (χ2v) is 5.39. The lowest BCUT2D eigenvalue weighted by molar-refractivity contribution is -0.148. The lowest BCUT2D eigenvalue weighted by Crippen LogP contribution is -2.34. The fourth-order valence-corrected chi connectivity index (χ4v) is 2.88. The first kappa shape index (κ1) is 15.6. The summed E-state index contributed by atoms with van der Waals surface area (Å²) >= 11 is 0. The van der Waals surface area contributed by atoms with Gasteiger partial charge in [-0.3, -0.25) is 14.7 Å². The number of carbonyl (C=O) groups is 1. The second-order valence-electron chi connectivity index (χ2n) is 5.39. The third-order valence-electron chi connectivity index (χ3n) is 4.30. The number of hydrogen-bond acceptors (Lipinski definition) is 5. The topological polar surface area (TPSA) is 71.9 Å². The molecule has 2 heterocycles. The average Bonchev–Trinajstić information content (AvgIpc) is 2.91. The maximum absolute atomic E-state index is 11.5. The van der Waals surface area contributed by atoms with Gasteiger partial charge >= 0.3 is 5.97 Å². The van der Waals surface area contributed by atoms with Crippen LogP contribution in [0.5, 0.6) is 11.5 Å². The maximum Gasteiger partial charge on any atom is 0.310 e. The Morgan fingerprint density at radius 3 is 2.76 bits per heavy atom. The number of methoxy groups -OCH3 is 2. The molecule has 1 aromatic rings. The van der Waals surface area contributed by atoms with E-state index in [4.69, 9.17) is 9.47 Å². The van der Waals surface area contributed by atoms with Gasteiger partial charge in [-0.2, -0.15) is 0 Å². The van der Waals surface area contributed by atoms with Crippen molar-refractivity contribution in [1.82, 2.24) is 9.88 Å². The highest BCUT2D eigenvalue weighted by molar-refractivity contribution is 5.75. The third-order valence-corrected chi connectivity index (χ3v) is 4.30. The van der Waals surface area contributed by atoms with Gasteiger partial charge in [0.25, 0.3) is 0 Å². The summed E-state index contributed by atoms with van der Waals surface area (Å²) in [5.41, 5.74) is 0.140. The predicted octanol–water partition coefficient (Wildman–Crippen LogP) is 1.79. The SMILES string of the molecule is CCC1(C(=O)O)CCN(Cc2nccc(OC)c2OC)C1. The summed E-state index contributed by atoms with van der Waals surface area (Å²) in [5.74, 6) is 0.545. The van der Waals surface area contributed by atoms with Crippen LogP contribution in [0.25, 0.3) is 0 Å². The largest absolute Gasteiger partial charge is 0.493 e. The Bertz CT molecular complexity index is 520. The Morgan fingerprint density at radius 2 is 2.24 bits per heavy atom. The lowest BCUT2D eigenvalue weighted by Gasteiger charge is -2.23. The summed E-state index contributed by atoms with van der Waals surface area (Å²) in [6.07, 6.45) is 2.99. The van der Waals surface area contributed by atoms with E-state index in [9.17, 15) is 9.90 Å². The van der Waals surface area contributed by atoms with Crippen molar-refractivity contribution < 1.29 is 19.4 Å². The highest BCUT2D eigenvalue weighted by Gasteiger charge is 2.43. The second kappa shape index (κ2) is 6.30. The van der Waals surface area contributed by atoms with E-state index < -0.39 is 11.4 Å². The van der Waals surface area contributed by atoms with Gasteiger partial charge in [-0.05, 0) is 19.4 Å². The minimum atomic E-state index is -0.710. The summed E-state index contributed by atoms with van der Waals surface area (Å²) in [7, 11) is 3.17. The molecular weight excluding hydrogens is 272 g/mol. The van der Waals surface area contributed by atoms with Crippen LogP contribution in [0.4, 0.5) is 0 Å². The molecule has 6 heteroatoms. The molecular formula is C15H22N2O4. The standard InChI is InChI=1S/C15H22N2O4/c1-4-15(14(18)19)6-8-17(10-15)9-11-13(21-3)12(20-2)5-7-16-11/h5,7H,4,6,8-10H2,1-3H3,(H,18,19). The number of rotatable bonds is 6. The van der Waals surface area contributed by atoms with Crippen molar-refractivity contribution in [2.24, 2.45) is 5.41 Å². The summed E-state index contributed by atoms with van der Waals surface area (Å²) in [5, 5.41) is 9.44. The van der Waals surface area contributed by atoms with E-state index in [2.05, 4.69) is 9.88 Å². The van der Waals surface area contributed by atoms with Crippen LogP contribution in [0, 0.1) is 5.41 Å². The van der Waals surface area contributed by atoms with Crippen molar-refractivity contribution in [2.75, 3.05) is 27.3 Å². The van der Waals surface area contributed by atoms with Gasteiger partial charge in [-0.25, -0.2) is 0 Å². The lowest BCUT2D eigenvalue weighted by atomic mass is 9.84. The van der Waals surface area contributed by atoms with Crippen molar-refractivity contribution in [3.05, 3.63) is 18.0 Å². The fraction of sp³-hybridized carbons (Fsp3) is 0.600. The van der Waals surface area contributed by atoms with E-state index in [1.165, 1.54) is 0 Å². The molecule has 0 spiro atoms. The number of nitrogens with zero attached hydrogens (tertiary/aromatic N) is 2. The number of aromatic nitrogens is 1. The number of pyridine rings is 1. The Morgan fingerprint density at radius 1 is 1.48 bits per heavy atom. The van der Waals surface area contributed by atoms with E-state index in [0.29, 0.717) is 37.4 Å². The van der Waals surface area contributed by atoms with Crippen LogP contribution >= 0.6 is 0 Å². The van der Waals surface area contributed by atoms with Crippen LogP contribution < -0.4 is 9.47 Å². The van der Waals surface area contributed by atoms with E-state index in [1.54, 1.807) is 26.5 Å². The molecule has 6 nitrogen and oxygen atoms in total. The molecule has 1 aliphatic rings. The Hall–Kier alpha value is -1.82. The van der Waals surface area contributed by atoms with Crippen LogP contribution in [0.3, 0.4) is 0 Å². The molecule has 2 rings (SSSR count). The number of carboxylic acids is 1. The summed E-state index contributed by atoms with van der Waals surface area (Å²) in [6, 6.07) is 1.75. The van der Waals surface area contributed by atoms with Gasteiger partial charge in [0.2, 0.25) is 0 Å². The summed E-state index contributed by atoms with van der Waals surface area (Å²) in [6.45, 7) is 3.79. The fourth-order valence-electron chi connectivity index (χ4n) is 2.88. The summed E-state index contributed by atoms with van der Waals surface area (Å²) in [4.78, 5) is 17.9. The van der Waals surface area contributed by atoms with Gasteiger partial charge < -0.3 is 14.6 Å². The van der Waals surface area contributed by atoms with Crippen LogP contribution in [-0.2, 0) is 11.3 Å². The van der Waals surface area contributed by atoms with Crippen LogP contribution in [0.1, 0.15) is 25.5 Å². The Labute approximate surface area is 124 Å². The van der Waals surface area contributed by atoms with Crippen molar-refractivity contribution in [2.45, 2.75) is 26.3 Å². The molecule has 21 heavy (non-hydrogen) atoms. The Balaban J connectivity index is 2.15. The zero-order valence-corrected chi connectivity index (χ0v) is 12.8. The number of ether oxygens (including phenoxy) is 2. The quantitative estimate of drug-likeness (QED) is 0.862. The first-order valence-electron chi connectivity index (χ1n) is 7.08. The van der Waals surface area contributed by atoms with E-state index in [1.807, 2.05) is 6.92 Å². The van der Waals surface area contributed by atoms with Crippen LogP contribution in [-0.4, -0.2) is 48.3 Å². The molecule has 1 atom stereocenters. The molecule has 0 aromatic carbocycles. The predicted molar refractivity (Wildman–Crippen MR) is 77.6 cm³/mol. The Kier molecular flexibility index (Phi) is 4.67. The maximum atomic E-state index is 11.5. The van der Waals surface area contributed by atoms with Gasteiger partial charge in [0.15, 0.2) is 11.5 Å². The highest BCUT2D eigenvalue weighted by atomic mass is 16.5. The smallest absolute Gasteiger partial charge is 0.310 e. The van der Waals surface area contributed by atoms with Crippen molar-refractivity contribution in [3.8, 4) is 11.5 Å². The zero-order valence-electron chi connectivity index (χ0n) is 12.8. The molecule has 0 aliphatic carbocycles. The first-order chi connectivity index (χ1) is 10.1. The van der Waals surface area contributed by atoms with E-state index >= 15 is 0 Å². The minimum Gasteiger partial charge on any atom is -0.493 e. The van der Waals surface area contributed by atoms with E-state index in [-0.39, 0.29) is 0 Å². The van der Waals surface area contributed by atoms with Crippen LogP contribution in [0.15, 0.2) is 12.3 Å². The molecule has 0 amide bonds. The molecule has 1 N–H and O–H groups in total. The van der Waals surface area contributed by atoms with Crippen molar-refractivity contribution in [1.29, 1.82) is 0 Å².